The number of imide groups is 1. The zero-order chi connectivity index (χ0) is 15.0. The van der Waals surface area contributed by atoms with Crippen LogP contribution in [0.2, 0.25) is 0 Å². The fourth-order valence-electron chi connectivity index (χ4n) is 2.37. The predicted octanol–water partition coefficient (Wildman–Crippen LogP) is -0.306. The number of aliphatic hydroxyl groups excluding tert-OH is 1. The minimum atomic E-state index is -0.648. The van der Waals surface area contributed by atoms with Crippen molar-refractivity contribution in [3.63, 3.8) is 0 Å². The number of likely N-dealkylation sites (N-methyl/N-ethyl adjacent to an activating group) is 1. The monoisotopic (exact) mass is 287 g/mol. The van der Waals surface area contributed by atoms with E-state index < -0.39 is 12.1 Å². The van der Waals surface area contributed by atoms with Crippen molar-refractivity contribution in [2.75, 3.05) is 33.9 Å². The molecule has 1 rings (SSSR count). The molecule has 7 nitrogen and oxygen atoms in total. The molecule has 0 aromatic carbocycles. The number of rotatable bonds is 7. The van der Waals surface area contributed by atoms with Crippen LogP contribution in [0.3, 0.4) is 0 Å². The lowest BCUT2D eigenvalue weighted by Gasteiger charge is -2.19. The molecule has 116 valence electrons. The number of hydrogen-bond acceptors (Lipinski definition) is 5. The molecule has 1 aliphatic carbocycles. The minimum absolute atomic E-state index is 0.0544. The van der Waals surface area contributed by atoms with Gasteiger partial charge in [-0.2, -0.15) is 0 Å². The highest BCUT2D eigenvalue weighted by Gasteiger charge is 2.19. The molecule has 1 atom stereocenters. The quantitative estimate of drug-likeness (QED) is 0.598. The average Bonchev–Trinajstić information content (AvgIpc) is 2.80. The molecule has 3 amide bonds. The molecule has 0 spiro atoms. The molecule has 0 heterocycles. The fourth-order valence-corrected chi connectivity index (χ4v) is 2.37. The summed E-state index contributed by atoms with van der Waals surface area (Å²) in [5.41, 5.74) is 0. The number of methoxy groups -OCH3 is 1. The smallest absolute Gasteiger partial charge is 0.321 e. The third-order valence-electron chi connectivity index (χ3n) is 3.24. The summed E-state index contributed by atoms with van der Waals surface area (Å²) in [5, 5.41) is 14.6. The SMILES string of the molecule is COCC(O)CN(C)CC(=O)NC(=O)NC1CCCC1. The summed E-state index contributed by atoms with van der Waals surface area (Å²) in [5.74, 6) is -0.382. The molecule has 0 aromatic rings. The largest absolute Gasteiger partial charge is 0.389 e. The Labute approximate surface area is 119 Å². The predicted molar refractivity (Wildman–Crippen MR) is 74.3 cm³/mol. The molecular weight excluding hydrogens is 262 g/mol. The van der Waals surface area contributed by atoms with Crippen molar-refractivity contribution in [2.24, 2.45) is 0 Å². The van der Waals surface area contributed by atoms with Gasteiger partial charge in [0.2, 0.25) is 5.91 Å². The maximum atomic E-state index is 11.7. The van der Waals surface area contributed by atoms with Gasteiger partial charge in [-0.1, -0.05) is 12.8 Å². The second-order valence-electron chi connectivity index (χ2n) is 5.31. The van der Waals surface area contributed by atoms with E-state index in [1.807, 2.05) is 0 Å². The van der Waals surface area contributed by atoms with Gasteiger partial charge < -0.3 is 15.2 Å². The summed E-state index contributed by atoms with van der Waals surface area (Å²) >= 11 is 0. The van der Waals surface area contributed by atoms with Crippen molar-refractivity contribution in [3.8, 4) is 0 Å². The molecule has 20 heavy (non-hydrogen) atoms. The molecule has 0 bridgehead atoms. The van der Waals surface area contributed by atoms with Gasteiger partial charge in [0.05, 0.1) is 19.3 Å². The first kappa shape index (κ1) is 16.9. The van der Waals surface area contributed by atoms with E-state index in [0.717, 1.165) is 25.7 Å². The number of nitrogens with zero attached hydrogens (tertiary/aromatic N) is 1. The van der Waals surface area contributed by atoms with Gasteiger partial charge in [-0.05, 0) is 19.9 Å². The Morgan fingerprint density at radius 2 is 2.05 bits per heavy atom. The number of amides is 3. The lowest BCUT2D eigenvalue weighted by Crippen LogP contribution is -2.47. The molecule has 1 saturated carbocycles. The normalized spacial score (nSPS) is 17.2. The fraction of sp³-hybridized carbons (Fsp3) is 0.846. The van der Waals surface area contributed by atoms with Crippen LogP contribution in [-0.2, 0) is 9.53 Å². The van der Waals surface area contributed by atoms with Crippen LogP contribution in [0.1, 0.15) is 25.7 Å². The van der Waals surface area contributed by atoms with E-state index in [0.29, 0.717) is 6.54 Å². The first-order chi connectivity index (χ1) is 9.51. The van der Waals surface area contributed by atoms with Gasteiger partial charge in [0.25, 0.3) is 0 Å². The van der Waals surface area contributed by atoms with Gasteiger partial charge in [-0.3, -0.25) is 15.0 Å². The Morgan fingerprint density at radius 1 is 1.40 bits per heavy atom. The van der Waals surface area contributed by atoms with Gasteiger partial charge in [-0.25, -0.2) is 4.79 Å². The number of carbonyl (C=O) groups is 2. The summed E-state index contributed by atoms with van der Waals surface area (Å²) < 4.78 is 4.81. The van der Waals surface area contributed by atoms with Crippen molar-refractivity contribution in [1.29, 1.82) is 0 Å². The maximum Gasteiger partial charge on any atom is 0.321 e. The Bertz CT molecular complexity index is 319. The molecule has 0 aliphatic heterocycles. The highest BCUT2D eigenvalue weighted by molar-refractivity contribution is 5.95. The molecule has 0 aromatic heterocycles. The van der Waals surface area contributed by atoms with Crippen LogP contribution in [0.4, 0.5) is 4.79 Å². The van der Waals surface area contributed by atoms with E-state index in [2.05, 4.69) is 10.6 Å². The minimum Gasteiger partial charge on any atom is -0.389 e. The number of hydrogen-bond donors (Lipinski definition) is 3. The van der Waals surface area contributed by atoms with E-state index in [1.54, 1.807) is 11.9 Å². The van der Waals surface area contributed by atoms with Crippen LogP contribution in [0.15, 0.2) is 0 Å². The molecule has 0 radical (unpaired) electrons. The van der Waals surface area contributed by atoms with Crippen LogP contribution >= 0.6 is 0 Å². The molecule has 1 unspecified atom stereocenters. The number of aliphatic hydroxyl groups is 1. The van der Waals surface area contributed by atoms with Crippen LogP contribution in [-0.4, -0.2) is 67.9 Å². The number of urea groups is 1. The number of carbonyl (C=O) groups excluding carboxylic acids is 2. The lowest BCUT2D eigenvalue weighted by atomic mass is 10.2. The van der Waals surface area contributed by atoms with Crippen molar-refractivity contribution in [1.82, 2.24) is 15.5 Å². The molecule has 1 aliphatic rings. The Balaban J connectivity index is 2.19. The van der Waals surface area contributed by atoms with Crippen molar-refractivity contribution >= 4 is 11.9 Å². The summed E-state index contributed by atoms with van der Waals surface area (Å²) in [6.07, 6.45) is 3.55. The lowest BCUT2D eigenvalue weighted by molar-refractivity contribution is -0.121. The summed E-state index contributed by atoms with van der Waals surface area (Å²) in [6.45, 7) is 0.582. The van der Waals surface area contributed by atoms with E-state index in [4.69, 9.17) is 4.74 Å². The van der Waals surface area contributed by atoms with E-state index in [1.165, 1.54) is 7.11 Å². The Hall–Kier alpha value is -1.18. The van der Waals surface area contributed by atoms with Gasteiger partial charge >= 0.3 is 6.03 Å². The topological polar surface area (TPSA) is 90.9 Å². The zero-order valence-electron chi connectivity index (χ0n) is 12.2. The third-order valence-corrected chi connectivity index (χ3v) is 3.24. The standard InChI is InChI=1S/C13H25N3O4/c1-16(7-11(17)9-20-2)8-12(18)15-13(19)14-10-5-3-4-6-10/h10-11,17H,3-9H2,1-2H3,(H2,14,15,18,19). The van der Waals surface area contributed by atoms with Gasteiger partial charge in [0.15, 0.2) is 0 Å². The second-order valence-corrected chi connectivity index (χ2v) is 5.31. The zero-order valence-corrected chi connectivity index (χ0v) is 12.2. The summed E-state index contributed by atoms with van der Waals surface area (Å²) in [4.78, 5) is 24.9. The average molecular weight is 287 g/mol. The molecular formula is C13H25N3O4. The van der Waals surface area contributed by atoms with Crippen LogP contribution < -0.4 is 10.6 Å². The van der Waals surface area contributed by atoms with E-state index in [9.17, 15) is 14.7 Å². The van der Waals surface area contributed by atoms with Gasteiger partial charge in [0, 0.05) is 19.7 Å². The second kappa shape index (κ2) is 8.89. The Kier molecular flexibility index (Phi) is 7.50. The van der Waals surface area contributed by atoms with Crippen molar-refractivity contribution < 1.29 is 19.4 Å². The van der Waals surface area contributed by atoms with Crippen molar-refractivity contribution in [2.45, 2.75) is 37.8 Å². The van der Waals surface area contributed by atoms with Crippen LogP contribution in [0.25, 0.3) is 0 Å². The first-order valence-corrected chi connectivity index (χ1v) is 6.97. The van der Waals surface area contributed by atoms with E-state index >= 15 is 0 Å². The third kappa shape index (κ3) is 6.83. The van der Waals surface area contributed by atoms with Gasteiger partial charge in [-0.15, -0.1) is 0 Å². The van der Waals surface area contributed by atoms with Crippen molar-refractivity contribution in [3.05, 3.63) is 0 Å². The van der Waals surface area contributed by atoms with Gasteiger partial charge in [0.1, 0.15) is 0 Å². The molecule has 3 N–H and O–H groups in total. The highest BCUT2D eigenvalue weighted by atomic mass is 16.5. The molecule has 0 saturated heterocycles. The van der Waals surface area contributed by atoms with Crippen LogP contribution in [0, 0.1) is 0 Å². The molecule has 1 fully saturated rings. The van der Waals surface area contributed by atoms with E-state index in [-0.39, 0.29) is 25.1 Å². The Morgan fingerprint density at radius 3 is 2.65 bits per heavy atom. The summed E-state index contributed by atoms with van der Waals surface area (Å²) in [7, 11) is 3.20. The highest BCUT2D eigenvalue weighted by Crippen LogP contribution is 2.17. The maximum absolute atomic E-state index is 11.7. The number of nitrogens with one attached hydrogen (secondary N) is 2. The summed E-state index contributed by atoms with van der Waals surface area (Å²) in [6, 6.07) is -0.253. The molecule has 7 heteroatoms. The van der Waals surface area contributed by atoms with Crippen LogP contribution in [0.5, 0.6) is 0 Å². The first-order valence-electron chi connectivity index (χ1n) is 6.97. The number of ether oxygens (including phenoxy) is 1.